The number of Topliss-reactive ketones (excluding diaryl/α,β-unsaturated/α-hetero) is 1. The molecule has 1 N–H and O–H groups in total. The molecule has 1 saturated carbocycles. The van der Waals surface area contributed by atoms with Crippen molar-refractivity contribution in [1.29, 1.82) is 0 Å². The van der Waals surface area contributed by atoms with Gasteiger partial charge in [-0.1, -0.05) is 42.8 Å². The van der Waals surface area contributed by atoms with Gasteiger partial charge in [0.15, 0.2) is 5.78 Å². The average molecular weight is 327 g/mol. The molecule has 2 aromatic heterocycles. The Labute approximate surface area is 137 Å². The van der Waals surface area contributed by atoms with Crippen LogP contribution >= 0.6 is 11.8 Å². The van der Waals surface area contributed by atoms with Crippen LogP contribution in [0.25, 0.3) is 10.9 Å². The van der Waals surface area contributed by atoms with E-state index in [0.29, 0.717) is 11.8 Å². The van der Waals surface area contributed by atoms with Gasteiger partial charge in [-0.25, -0.2) is 4.68 Å². The molecule has 0 saturated heterocycles. The second-order valence-corrected chi connectivity index (χ2v) is 6.75. The van der Waals surface area contributed by atoms with Crippen LogP contribution in [0.4, 0.5) is 0 Å². The van der Waals surface area contributed by atoms with Crippen LogP contribution < -0.4 is 0 Å². The predicted octanol–water partition coefficient (Wildman–Crippen LogP) is 3.24. The summed E-state index contributed by atoms with van der Waals surface area (Å²) in [6, 6.07) is 8.22. The quantitative estimate of drug-likeness (QED) is 0.575. The van der Waals surface area contributed by atoms with Crippen LogP contribution in [0.5, 0.6) is 0 Å². The molecule has 1 aliphatic carbocycles. The molecule has 0 atom stereocenters. The Bertz CT molecular complexity index is 834. The van der Waals surface area contributed by atoms with E-state index in [1.165, 1.54) is 24.6 Å². The van der Waals surface area contributed by atoms with Crippen LogP contribution in [0.1, 0.15) is 42.1 Å². The maximum atomic E-state index is 12.5. The van der Waals surface area contributed by atoms with Gasteiger partial charge in [-0.2, -0.15) is 0 Å². The Balaban J connectivity index is 1.49. The minimum Gasteiger partial charge on any atom is -0.360 e. The van der Waals surface area contributed by atoms with E-state index >= 15 is 0 Å². The second kappa shape index (κ2) is 6.16. The molecule has 3 aromatic rings. The third-order valence-electron chi connectivity index (χ3n) is 4.36. The van der Waals surface area contributed by atoms with Crippen molar-refractivity contribution in [3.8, 4) is 0 Å². The third kappa shape index (κ3) is 2.76. The lowest BCUT2D eigenvalue weighted by molar-refractivity contribution is 0.102. The van der Waals surface area contributed by atoms with Crippen LogP contribution in [-0.2, 0) is 0 Å². The highest BCUT2D eigenvalue weighted by Gasteiger charge is 2.22. The maximum absolute atomic E-state index is 12.5. The first kappa shape index (κ1) is 14.4. The van der Waals surface area contributed by atoms with Gasteiger partial charge in [0.1, 0.15) is 0 Å². The number of H-pyrrole nitrogens is 1. The molecule has 0 amide bonds. The second-order valence-electron chi connectivity index (χ2n) is 5.80. The molecule has 7 heteroatoms. The van der Waals surface area contributed by atoms with Crippen molar-refractivity contribution >= 4 is 28.4 Å². The summed E-state index contributed by atoms with van der Waals surface area (Å²) in [7, 11) is 0. The number of ketones is 1. The van der Waals surface area contributed by atoms with Crippen LogP contribution in [0.3, 0.4) is 0 Å². The number of hydrogen-bond donors (Lipinski definition) is 1. The number of thioether (sulfide) groups is 1. The normalized spacial score (nSPS) is 15.5. The summed E-state index contributed by atoms with van der Waals surface area (Å²) in [5.41, 5.74) is 1.71. The van der Waals surface area contributed by atoms with E-state index in [0.717, 1.165) is 34.5 Å². The number of hydrogen-bond acceptors (Lipinski definition) is 5. The molecular formula is C16H17N5OS. The van der Waals surface area contributed by atoms with Crippen molar-refractivity contribution in [2.75, 3.05) is 5.75 Å². The van der Waals surface area contributed by atoms with E-state index in [4.69, 9.17) is 0 Å². The molecule has 4 rings (SSSR count). The number of benzene rings is 1. The number of fused-ring (bicyclic) bond motifs is 1. The molecule has 6 nitrogen and oxygen atoms in total. The van der Waals surface area contributed by atoms with Gasteiger partial charge in [-0.05, 0) is 29.3 Å². The summed E-state index contributed by atoms with van der Waals surface area (Å²) in [6.45, 7) is 0. The first-order chi connectivity index (χ1) is 11.3. The summed E-state index contributed by atoms with van der Waals surface area (Å²) in [5.74, 6) is 0.433. The number of nitrogens with zero attached hydrogens (tertiary/aromatic N) is 4. The van der Waals surface area contributed by atoms with Crippen LogP contribution in [0, 0.1) is 0 Å². The monoisotopic (exact) mass is 327 g/mol. The number of tetrazole rings is 1. The topological polar surface area (TPSA) is 76.5 Å². The van der Waals surface area contributed by atoms with Gasteiger partial charge in [0, 0.05) is 22.7 Å². The Hall–Kier alpha value is -2.15. The number of rotatable bonds is 5. The number of aromatic nitrogens is 5. The minimum absolute atomic E-state index is 0.0911. The van der Waals surface area contributed by atoms with Gasteiger partial charge in [-0.3, -0.25) is 4.79 Å². The minimum atomic E-state index is 0.0911. The molecule has 0 unspecified atom stereocenters. The SMILES string of the molecule is O=C(CSc1nnnn1C1CCCC1)c1c[nH]c2ccccc12. The lowest BCUT2D eigenvalue weighted by Crippen LogP contribution is -2.10. The molecule has 118 valence electrons. The predicted molar refractivity (Wildman–Crippen MR) is 88.7 cm³/mol. The molecule has 1 aromatic carbocycles. The van der Waals surface area contributed by atoms with E-state index in [2.05, 4.69) is 20.5 Å². The molecular weight excluding hydrogens is 310 g/mol. The van der Waals surface area contributed by atoms with Crippen molar-refractivity contribution in [2.45, 2.75) is 36.9 Å². The van der Waals surface area contributed by atoms with Crippen molar-refractivity contribution < 1.29 is 4.79 Å². The van der Waals surface area contributed by atoms with Crippen molar-refractivity contribution in [3.63, 3.8) is 0 Å². The number of carbonyl (C=O) groups is 1. The first-order valence-corrected chi connectivity index (χ1v) is 8.81. The Morgan fingerprint density at radius 2 is 2.13 bits per heavy atom. The zero-order chi connectivity index (χ0) is 15.6. The largest absolute Gasteiger partial charge is 0.360 e. The van der Waals surface area contributed by atoms with Crippen LogP contribution in [0.2, 0.25) is 0 Å². The van der Waals surface area contributed by atoms with Gasteiger partial charge in [0.2, 0.25) is 5.16 Å². The molecule has 0 bridgehead atoms. The molecule has 0 radical (unpaired) electrons. The highest BCUT2D eigenvalue weighted by atomic mass is 32.2. The lowest BCUT2D eigenvalue weighted by atomic mass is 10.1. The fourth-order valence-corrected chi connectivity index (χ4v) is 4.00. The van der Waals surface area contributed by atoms with Gasteiger partial charge < -0.3 is 4.98 Å². The van der Waals surface area contributed by atoms with Crippen molar-refractivity contribution in [2.24, 2.45) is 0 Å². The van der Waals surface area contributed by atoms with E-state index in [1.54, 1.807) is 6.20 Å². The summed E-state index contributed by atoms with van der Waals surface area (Å²) < 4.78 is 1.89. The van der Waals surface area contributed by atoms with Gasteiger partial charge in [0.25, 0.3) is 0 Å². The molecule has 0 aliphatic heterocycles. The fraction of sp³-hybridized carbons (Fsp3) is 0.375. The smallest absolute Gasteiger partial charge is 0.210 e. The zero-order valence-electron chi connectivity index (χ0n) is 12.6. The third-order valence-corrected chi connectivity index (χ3v) is 5.29. The Morgan fingerprint density at radius 3 is 3.00 bits per heavy atom. The number of carbonyl (C=O) groups excluding carboxylic acids is 1. The molecule has 2 heterocycles. The summed E-state index contributed by atoms with van der Waals surface area (Å²) in [4.78, 5) is 15.7. The van der Waals surface area contributed by atoms with Gasteiger partial charge >= 0.3 is 0 Å². The van der Waals surface area contributed by atoms with E-state index in [1.807, 2.05) is 28.9 Å². The van der Waals surface area contributed by atoms with Crippen molar-refractivity contribution in [1.82, 2.24) is 25.2 Å². The average Bonchev–Trinajstić information content (AvgIpc) is 3.30. The van der Waals surface area contributed by atoms with Gasteiger partial charge in [0.05, 0.1) is 11.8 Å². The fourth-order valence-electron chi connectivity index (χ4n) is 3.17. The number of nitrogens with one attached hydrogen (secondary N) is 1. The lowest BCUT2D eigenvalue weighted by Gasteiger charge is -2.10. The van der Waals surface area contributed by atoms with E-state index in [9.17, 15) is 4.79 Å². The highest BCUT2D eigenvalue weighted by Crippen LogP contribution is 2.31. The maximum Gasteiger partial charge on any atom is 0.210 e. The molecule has 23 heavy (non-hydrogen) atoms. The van der Waals surface area contributed by atoms with Gasteiger partial charge in [-0.15, -0.1) is 5.10 Å². The van der Waals surface area contributed by atoms with E-state index in [-0.39, 0.29) is 5.78 Å². The number of aromatic amines is 1. The highest BCUT2D eigenvalue weighted by molar-refractivity contribution is 7.99. The zero-order valence-corrected chi connectivity index (χ0v) is 13.4. The summed E-state index contributed by atoms with van der Waals surface area (Å²) >= 11 is 1.42. The van der Waals surface area contributed by atoms with E-state index < -0.39 is 0 Å². The van der Waals surface area contributed by atoms with Crippen LogP contribution in [-0.4, -0.2) is 36.7 Å². The Morgan fingerprint density at radius 1 is 1.30 bits per heavy atom. The van der Waals surface area contributed by atoms with Crippen LogP contribution in [0.15, 0.2) is 35.6 Å². The summed E-state index contributed by atoms with van der Waals surface area (Å²) in [6.07, 6.45) is 6.48. The Kier molecular flexibility index (Phi) is 3.87. The molecule has 0 spiro atoms. The molecule has 1 aliphatic rings. The summed E-state index contributed by atoms with van der Waals surface area (Å²) in [5, 5.41) is 13.7. The standard InChI is InChI=1S/C16H17N5OS/c22-15(13-9-17-14-8-4-3-7-12(13)14)10-23-16-18-19-20-21(16)11-5-1-2-6-11/h3-4,7-9,11,17H,1-2,5-6,10H2. The van der Waals surface area contributed by atoms with Crippen molar-refractivity contribution in [3.05, 3.63) is 36.0 Å². The molecule has 1 fully saturated rings. The first-order valence-electron chi connectivity index (χ1n) is 7.83. The number of para-hydroxylation sites is 1.